The molecule has 2 heterocycles. The molecule has 2 saturated heterocycles. The van der Waals surface area contributed by atoms with E-state index >= 15 is 0 Å². The molecular weight excluding hydrogens is 230 g/mol. The molecule has 5 nitrogen and oxygen atoms in total. The average molecular weight is 249 g/mol. The lowest BCUT2D eigenvalue weighted by Gasteiger charge is -2.23. The third kappa shape index (κ3) is 2.56. The predicted octanol–water partition coefficient (Wildman–Crippen LogP) is -0.0481. The van der Waals surface area contributed by atoms with Crippen molar-refractivity contribution in [2.24, 2.45) is 0 Å². The summed E-state index contributed by atoms with van der Waals surface area (Å²) in [6, 6.07) is -0.216. The highest BCUT2D eigenvalue weighted by atomic mass is 32.2. The van der Waals surface area contributed by atoms with Crippen LogP contribution in [-0.4, -0.2) is 55.5 Å². The van der Waals surface area contributed by atoms with Crippen LogP contribution < -0.4 is 0 Å². The van der Waals surface area contributed by atoms with Gasteiger partial charge in [0, 0.05) is 19.2 Å². The van der Waals surface area contributed by atoms with E-state index in [1.54, 1.807) is 0 Å². The molecule has 2 aliphatic heterocycles. The van der Waals surface area contributed by atoms with Crippen LogP contribution in [-0.2, 0) is 14.8 Å². The third-order valence-electron chi connectivity index (χ3n) is 3.31. The molecule has 0 radical (unpaired) electrons. The molecule has 0 amide bonds. The summed E-state index contributed by atoms with van der Waals surface area (Å²) >= 11 is 0. The first-order valence-corrected chi connectivity index (χ1v) is 7.46. The average Bonchev–Trinajstić information content (AvgIpc) is 2.85. The molecule has 6 heteroatoms. The normalized spacial score (nSPS) is 32.3. The summed E-state index contributed by atoms with van der Waals surface area (Å²) in [5.41, 5.74) is 0. The summed E-state index contributed by atoms with van der Waals surface area (Å²) in [5, 5.41) is 9.12. The van der Waals surface area contributed by atoms with E-state index in [1.165, 1.54) is 4.31 Å². The van der Waals surface area contributed by atoms with Gasteiger partial charge in [0.25, 0.3) is 0 Å². The number of ether oxygens (including phenoxy) is 1. The zero-order chi connectivity index (χ0) is 11.6. The van der Waals surface area contributed by atoms with Crippen molar-refractivity contribution in [1.82, 2.24) is 4.31 Å². The van der Waals surface area contributed by atoms with Crippen molar-refractivity contribution in [2.75, 3.05) is 25.5 Å². The van der Waals surface area contributed by atoms with Crippen molar-refractivity contribution in [3.8, 4) is 0 Å². The fraction of sp³-hybridized carbons (Fsp3) is 1.00. The number of aliphatic hydroxyl groups excluding tert-OH is 1. The molecule has 0 bridgehead atoms. The molecule has 0 aromatic carbocycles. The van der Waals surface area contributed by atoms with Gasteiger partial charge in [-0.2, -0.15) is 4.31 Å². The summed E-state index contributed by atoms with van der Waals surface area (Å²) in [7, 11) is -3.26. The number of sulfonamides is 1. The van der Waals surface area contributed by atoms with Crippen LogP contribution in [0.15, 0.2) is 0 Å². The lowest BCUT2D eigenvalue weighted by atomic mass is 10.2. The second kappa shape index (κ2) is 5.00. The van der Waals surface area contributed by atoms with Crippen LogP contribution in [0.2, 0.25) is 0 Å². The smallest absolute Gasteiger partial charge is 0.216 e. The Labute approximate surface area is 96.4 Å². The van der Waals surface area contributed by atoms with E-state index in [-0.39, 0.29) is 24.5 Å². The minimum Gasteiger partial charge on any atom is -0.395 e. The molecule has 1 N–H and O–H groups in total. The van der Waals surface area contributed by atoms with Crippen LogP contribution in [0, 0.1) is 0 Å². The second-order valence-electron chi connectivity index (χ2n) is 4.50. The quantitative estimate of drug-likeness (QED) is 0.758. The van der Waals surface area contributed by atoms with Gasteiger partial charge >= 0.3 is 0 Å². The summed E-state index contributed by atoms with van der Waals surface area (Å²) in [6.45, 7) is 1.13. The highest BCUT2D eigenvalue weighted by Crippen LogP contribution is 2.23. The van der Waals surface area contributed by atoms with Crippen LogP contribution in [0.1, 0.15) is 25.7 Å². The molecule has 2 unspecified atom stereocenters. The fourth-order valence-corrected chi connectivity index (χ4v) is 4.42. The summed E-state index contributed by atoms with van der Waals surface area (Å²) in [6.07, 6.45) is 3.24. The first-order valence-electron chi connectivity index (χ1n) is 5.85. The zero-order valence-electron chi connectivity index (χ0n) is 9.34. The lowest BCUT2D eigenvalue weighted by molar-refractivity contribution is 0.125. The molecule has 0 aliphatic carbocycles. The van der Waals surface area contributed by atoms with Gasteiger partial charge in [-0.05, 0) is 25.7 Å². The molecule has 0 spiro atoms. The molecule has 16 heavy (non-hydrogen) atoms. The Hall–Kier alpha value is -0.170. The molecule has 0 saturated carbocycles. The minimum absolute atomic E-state index is 0.0729. The highest BCUT2D eigenvalue weighted by Gasteiger charge is 2.35. The van der Waals surface area contributed by atoms with Gasteiger partial charge in [0.2, 0.25) is 10.0 Å². The summed E-state index contributed by atoms with van der Waals surface area (Å²) < 4.78 is 31.0. The van der Waals surface area contributed by atoms with Crippen molar-refractivity contribution in [1.29, 1.82) is 0 Å². The van der Waals surface area contributed by atoms with Crippen LogP contribution in [0.5, 0.6) is 0 Å². The van der Waals surface area contributed by atoms with Gasteiger partial charge in [-0.25, -0.2) is 8.42 Å². The standard InChI is InChI=1S/C10H19NO4S/c12-7-9-3-1-5-11(9)16(13,14)8-10-4-2-6-15-10/h9-10,12H,1-8H2. The Balaban J connectivity index is 2.00. The van der Waals surface area contributed by atoms with Gasteiger partial charge in [0.15, 0.2) is 0 Å². The molecule has 2 aliphatic rings. The van der Waals surface area contributed by atoms with Crippen LogP contribution in [0.4, 0.5) is 0 Å². The van der Waals surface area contributed by atoms with Crippen molar-refractivity contribution >= 4 is 10.0 Å². The maximum absolute atomic E-state index is 12.1. The van der Waals surface area contributed by atoms with Gasteiger partial charge in [0.05, 0.1) is 18.5 Å². The maximum atomic E-state index is 12.1. The monoisotopic (exact) mass is 249 g/mol. The number of hydrogen-bond donors (Lipinski definition) is 1. The van der Waals surface area contributed by atoms with E-state index in [1.807, 2.05) is 0 Å². The van der Waals surface area contributed by atoms with Gasteiger partial charge in [-0.15, -0.1) is 0 Å². The van der Waals surface area contributed by atoms with Gasteiger partial charge < -0.3 is 9.84 Å². The minimum atomic E-state index is -3.26. The Kier molecular flexibility index (Phi) is 3.84. The molecule has 2 atom stereocenters. The molecule has 94 valence electrons. The lowest BCUT2D eigenvalue weighted by Crippen LogP contribution is -2.41. The first-order chi connectivity index (χ1) is 7.63. The number of hydrogen-bond acceptors (Lipinski definition) is 4. The number of aliphatic hydroxyl groups is 1. The number of nitrogens with zero attached hydrogens (tertiary/aromatic N) is 1. The van der Waals surface area contributed by atoms with Crippen molar-refractivity contribution in [3.05, 3.63) is 0 Å². The topological polar surface area (TPSA) is 66.8 Å². The Morgan fingerprint density at radius 1 is 1.31 bits per heavy atom. The fourth-order valence-electron chi connectivity index (χ4n) is 2.46. The van der Waals surface area contributed by atoms with Gasteiger partial charge in [0.1, 0.15) is 0 Å². The van der Waals surface area contributed by atoms with E-state index in [9.17, 15) is 8.42 Å². The first kappa shape index (κ1) is 12.3. The molecule has 2 rings (SSSR count). The zero-order valence-corrected chi connectivity index (χ0v) is 10.2. The Morgan fingerprint density at radius 2 is 2.12 bits per heavy atom. The van der Waals surface area contributed by atoms with Crippen molar-refractivity contribution in [2.45, 2.75) is 37.8 Å². The highest BCUT2D eigenvalue weighted by molar-refractivity contribution is 7.89. The van der Waals surface area contributed by atoms with Crippen molar-refractivity contribution < 1.29 is 18.3 Å². The van der Waals surface area contributed by atoms with Gasteiger partial charge in [-0.1, -0.05) is 0 Å². The Morgan fingerprint density at radius 3 is 2.75 bits per heavy atom. The van der Waals surface area contributed by atoms with Crippen LogP contribution in [0.3, 0.4) is 0 Å². The van der Waals surface area contributed by atoms with Crippen LogP contribution >= 0.6 is 0 Å². The molecule has 0 aromatic rings. The third-order valence-corrected chi connectivity index (χ3v) is 5.30. The van der Waals surface area contributed by atoms with E-state index < -0.39 is 10.0 Å². The summed E-state index contributed by atoms with van der Waals surface area (Å²) in [4.78, 5) is 0. The van der Waals surface area contributed by atoms with E-state index in [2.05, 4.69) is 0 Å². The van der Waals surface area contributed by atoms with E-state index in [0.717, 1.165) is 25.7 Å². The van der Waals surface area contributed by atoms with E-state index in [4.69, 9.17) is 9.84 Å². The number of rotatable bonds is 4. The Bertz CT molecular complexity index is 324. The summed E-state index contributed by atoms with van der Waals surface area (Å²) in [5.74, 6) is 0.0729. The second-order valence-corrected chi connectivity index (χ2v) is 6.47. The SMILES string of the molecule is O=S(=O)(CC1CCCO1)N1CCCC1CO. The predicted molar refractivity (Wildman–Crippen MR) is 59.6 cm³/mol. The molecular formula is C10H19NO4S. The molecule has 0 aromatic heterocycles. The van der Waals surface area contributed by atoms with E-state index in [0.29, 0.717) is 13.2 Å². The maximum Gasteiger partial charge on any atom is 0.216 e. The largest absolute Gasteiger partial charge is 0.395 e. The van der Waals surface area contributed by atoms with Crippen molar-refractivity contribution in [3.63, 3.8) is 0 Å². The van der Waals surface area contributed by atoms with Gasteiger partial charge in [-0.3, -0.25) is 0 Å². The molecule has 2 fully saturated rings. The van der Waals surface area contributed by atoms with Crippen LogP contribution in [0.25, 0.3) is 0 Å².